The van der Waals surface area contributed by atoms with Crippen LogP contribution in [0.25, 0.3) is 0 Å². The van der Waals surface area contributed by atoms with Crippen LogP contribution in [-0.2, 0) is 0 Å². The Kier molecular flexibility index (Phi) is 3.91. The summed E-state index contributed by atoms with van der Waals surface area (Å²) < 4.78 is 10.9. The molecule has 0 spiro atoms. The first-order valence-corrected chi connectivity index (χ1v) is 5.83. The molecular weight excluding hydrogens is 318 g/mol. The van der Waals surface area contributed by atoms with E-state index in [1.807, 2.05) is 0 Å². The van der Waals surface area contributed by atoms with E-state index in [2.05, 4.69) is 30.9 Å². The monoisotopic (exact) mass is 325 g/mol. The third-order valence-corrected chi connectivity index (χ3v) is 2.64. The number of carboxylic acids is 1. The van der Waals surface area contributed by atoms with Crippen LogP contribution in [-0.4, -0.2) is 33.1 Å². The molecule has 19 heavy (non-hydrogen) atoms. The van der Waals surface area contributed by atoms with Crippen molar-refractivity contribution < 1.29 is 19.4 Å². The molecule has 8 heteroatoms. The number of aromatic carboxylic acids is 1. The molecule has 0 bridgehead atoms. The Morgan fingerprint density at radius 2 is 2.21 bits per heavy atom. The Morgan fingerprint density at radius 1 is 1.42 bits per heavy atom. The standard InChI is InChI=1S/C11H8BrN3O4/c1-18-9-7(12)4-14-11(15-9)19-8-5-13-3-2-6(8)10(16)17/h2-5H,1H3,(H,16,17). The van der Waals surface area contributed by atoms with Crippen LogP contribution in [0.5, 0.6) is 17.6 Å². The number of aromatic nitrogens is 3. The third-order valence-electron chi connectivity index (χ3n) is 2.10. The Labute approximate surface area is 116 Å². The van der Waals surface area contributed by atoms with Crippen LogP contribution in [0.15, 0.2) is 29.1 Å². The van der Waals surface area contributed by atoms with Gasteiger partial charge in [0.1, 0.15) is 5.56 Å². The second-order valence-corrected chi connectivity index (χ2v) is 4.14. The van der Waals surface area contributed by atoms with Crippen molar-refractivity contribution in [3.8, 4) is 17.6 Å². The minimum Gasteiger partial charge on any atom is -0.480 e. The summed E-state index contributed by atoms with van der Waals surface area (Å²) in [6.07, 6.45) is 4.08. The number of methoxy groups -OCH3 is 1. The highest BCUT2D eigenvalue weighted by atomic mass is 79.9. The van der Waals surface area contributed by atoms with Gasteiger partial charge in [-0.3, -0.25) is 4.98 Å². The number of pyridine rings is 1. The number of nitrogens with zero attached hydrogens (tertiary/aromatic N) is 3. The van der Waals surface area contributed by atoms with Crippen LogP contribution in [0.2, 0.25) is 0 Å². The van der Waals surface area contributed by atoms with Gasteiger partial charge in [0.2, 0.25) is 5.88 Å². The topological polar surface area (TPSA) is 94.4 Å². The van der Waals surface area contributed by atoms with E-state index in [-0.39, 0.29) is 23.2 Å². The number of hydrogen-bond donors (Lipinski definition) is 1. The summed E-state index contributed by atoms with van der Waals surface area (Å²) >= 11 is 3.20. The first kappa shape index (κ1) is 13.2. The largest absolute Gasteiger partial charge is 0.480 e. The lowest BCUT2D eigenvalue weighted by molar-refractivity contribution is 0.0694. The summed E-state index contributed by atoms with van der Waals surface area (Å²) in [6, 6.07) is 1.30. The smallest absolute Gasteiger partial charge is 0.339 e. The minimum atomic E-state index is -1.12. The SMILES string of the molecule is COc1nc(Oc2cnccc2C(=O)O)ncc1Br. The Balaban J connectivity index is 2.34. The summed E-state index contributed by atoms with van der Waals surface area (Å²) in [6.45, 7) is 0. The summed E-state index contributed by atoms with van der Waals surface area (Å²) in [7, 11) is 1.45. The van der Waals surface area contributed by atoms with Crippen molar-refractivity contribution in [1.82, 2.24) is 15.0 Å². The predicted molar refractivity (Wildman–Crippen MR) is 67.6 cm³/mol. The van der Waals surface area contributed by atoms with Gasteiger partial charge in [-0.25, -0.2) is 9.78 Å². The predicted octanol–water partition coefficient (Wildman–Crippen LogP) is 2.13. The van der Waals surface area contributed by atoms with Crippen molar-refractivity contribution in [2.45, 2.75) is 0 Å². The Bertz CT molecular complexity index is 621. The van der Waals surface area contributed by atoms with E-state index >= 15 is 0 Å². The van der Waals surface area contributed by atoms with Gasteiger partial charge in [0.15, 0.2) is 5.75 Å². The van der Waals surface area contributed by atoms with Gasteiger partial charge in [0, 0.05) is 6.20 Å². The van der Waals surface area contributed by atoms with Crippen molar-refractivity contribution in [3.05, 3.63) is 34.7 Å². The zero-order valence-corrected chi connectivity index (χ0v) is 11.3. The van der Waals surface area contributed by atoms with E-state index in [0.717, 1.165) is 0 Å². The third kappa shape index (κ3) is 2.97. The zero-order chi connectivity index (χ0) is 13.8. The average Bonchev–Trinajstić information content (AvgIpc) is 2.41. The summed E-state index contributed by atoms with van der Waals surface area (Å²) in [5, 5.41) is 9.01. The highest BCUT2D eigenvalue weighted by Crippen LogP contribution is 2.26. The molecule has 2 aromatic rings. The van der Waals surface area contributed by atoms with Gasteiger partial charge in [-0.1, -0.05) is 0 Å². The quantitative estimate of drug-likeness (QED) is 0.919. The number of carboxylic acid groups (broad SMARTS) is 1. The molecule has 0 amide bonds. The molecule has 7 nitrogen and oxygen atoms in total. The molecule has 0 aliphatic heterocycles. The number of carbonyl (C=O) groups is 1. The molecule has 2 aromatic heterocycles. The normalized spacial score (nSPS) is 10.0. The summed E-state index contributed by atoms with van der Waals surface area (Å²) in [5.41, 5.74) is -0.0273. The molecule has 98 valence electrons. The average molecular weight is 326 g/mol. The zero-order valence-electron chi connectivity index (χ0n) is 9.70. The van der Waals surface area contributed by atoms with Crippen molar-refractivity contribution in [2.75, 3.05) is 7.11 Å². The highest BCUT2D eigenvalue weighted by Gasteiger charge is 2.14. The van der Waals surface area contributed by atoms with Gasteiger partial charge in [-0.15, -0.1) is 0 Å². The van der Waals surface area contributed by atoms with Crippen molar-refractivity contribution in [1.29, 1.82) is 0 Å². The highest BCUT2D eigenvalue weighted by molar-refractivity contribution is 9.10. The van der Waals surface area contributed by atoms with Crippen LogP contribution in [0.3, 0.4) is 0 Å². The minimum absolute atomic E-state index is 0.0273. The molecule has 0 fully saturated rings. The molecule has 0 radical (unpaired) electrons. The van der Waals surface area contributed by atoms with Crippen molar-refractivity contribution in [3.63, 3.8) is 0 Å². The van der Waals surface area contributed by atoms with E-state index < -0.39 is 5.97 Å². The van der Waals surface area contributed by atoms with E-state index in [1.165, 1.54) is 31.8 Å². The fourth-order valence-corrected chi connectivity index (χ4v) is 1.62. The molecule has 1 N–H and O–H groups in total. The molecule has 2 heterocycles. The maximum atomic E-state index is 11.0. The second kappa shape index (κ2) is 5.61. The lowest BCUT2D eigenvalue weighted by Gasteiger charge is -2.07. The molecule has 0 aliphatic carbocycles. The summed E-state index contributed by atoms with van der Waals surface area (Å²) in [5.74, 6) is -0.786. The van der Waals surface area contributed by atoms with Crippen LogP contribution >= 0.6 is 15.9 Å². The van der Waals surface area contributed by atoms with E-state index in [4.69, 9.17) is 14.6 Å². The maximum absolute atomic E-state index is 11.0. The fourth-order valence-electron chi connectivity index (χ4n) is 1.26. The van der Waals surface area contributed by atoms with E-state index in [9.17, 15) is 4.79 Å². The fraction of sp³-hybridized carbons (Fsp3) is 0.0909. The van der Waals surface area contributed by atoms with Crippen molar-refractivity contribution in [2.24, 2.45) is 0 Å². The molecule has 0 unspecified atom stereocenters. The molecule has 2 rings (SSSR count). The van der Waals surface area contributed by atoms with Crippen LogP contribution in [0, 0.1) is 0 Å². The number of hydrogen-bond acceptors (Lipinski definition) is 6. The van der Waals surface area contributed by atoms with Gasteiger partial charge in [-0.2, -0.15) is 4.98 Å². The number of rotatable bonds is 4. The Hall–Kier alpha value is -2.22. The number of ether oxygens (including phenoxy) is 2. The van der Waals surface area contributed by atoms with Crippen LogP contribution in [0.1, 0.15) is 10.4 Å². The Morgan fingerprint density at radius 3 is 2.89 bits per heavy atom. The second-order valence-electron chi connectivity index (χ2n) is 3.29. The van der Waals surface area contributed by atoms with Gasteiger partial charge >= 0.3 is 12.0 Å². The molecule has 0 aromatic carbocycles. The molecule has 0 aliphatic rings. The summed E-state index contributed by atoms with van der Waals surface area (Å²) in [4.78, 5) is 22.7. The molecule has 0 saturated carbocycles. The maximum Gasteiger partial charge on any atom is 0.339 e. The van der Waals surface area contributed by atoms with Gasteiger partial charge in [-0.05, 0) is 22.0 Å². The van der Waals surface area contributed by atoms with Crippen LogP contribution in [0.4, 0.5) is 0 Å². The van der Waals surface area contributed by atoms with Gasteiger partial charge in [0.25, 0.3) is 0 Å². The van der Waals surface area contributed by atoms with E-state index in [1.54, 1.807) is 0 Å². The first-order chi connectivity index (χ1) is 9.11. The molecule has 0 saturated heterocycles. The molecular formula is C11H8BrN3O4. The molecule has 0 atom stereocenters. The lowest BCUT2D eigenvalue weighted by atomic mass is 10.2. The number of halogens is 1. The van der Waals surface area contributed by atoms with Gasteiger partial charge < -0.3 is 14.6 Å². The van der Waals surface area contributed by atoms with E-state index in [0.29, 0.717) is 4.47 Å². The van der Waals surface area contributed by atoms with Crippen molar-refractivity contribution >= 4 is 21.9 Å². The van der Waals surface area contributed by atoms with Crippen LogP contribution < -0.4 is 9.47 Å². The van der Waals surface area contributed by atoms with Gasteiger partial charge in [0.05, 0.1) is 24.0 Å². The first-order valence-electron chi connectivity index (χ1n) is 5.03. The lowest BCUT2D eigenvalue weighted by Crippen LogP contribution is -2.02.